The third kappa shape index (κ3) is 31.5. The van der Waals surface area contributed by atoms with Crippen molar-refractivity contribution in [2.24, 2.45) is 17.8 Å². The number of aliphatic hydroxyl groups excluding tert-OH is 6. The fraction of sp³-hybridized carbons (Fsp3) is 0.703. The minimum absolute atomic E-state index is 0.00477. The molecule has 8 unspecified atom stereocenters. The first-order valence-electron chi connectivity index (χ1n) is 33.1. The van der Waals surface area contributed by atoms with Gasteiger partial charge in [-0.2, -0.15) is 0 Å². The summed E-state index contributed by atoms with van der Waals surface area (Å²) in [6.07, 6.45) is -6.37. The van der Waals surface area contributed by atoms with Crippen LogP contribution in [-0.4, -0.2) is 240 Å². The number of hydrazine groups is 1. The van der Waals surface area contributed by atoms with Crippen molar-refractivity contribution in [1.82, 2.24) is 52.2 Å². The molecule has 0 saturated carbocycles. The number of ether oxygens (including phenoxy) is 3. The number of phenols is 1. The lowest BCUT2D eigenvalue weighted by Crippen LogP contribution is -2.59. The van der Waals surface area contributed by atoms with Gasteiger partial charge in [-0.05, 0) is 101 Å². The second kappa shape index (κ2) is 46.2. The van der Waals surface area contributed by atoms with Gasteiger partial charge in [-0.25, -0.2) is 15.2 Å². The Kier molecular flexibility index (Phi) is 40.5. The third-order valence-corrected chi connectivity index (χ3v) is 19.7. The van der Waals surface area contributed by atoms with Gasteiger partial charge in [0.2, 0.25) is 23.6 Å². The molecule has 98 heavy (non-hydrogen) atoms. The predicted octanol–water partition coefficient (Wildman–Crippen LogP) is 1.54. The molecule has 6 amide bonds. The molecule has 15 N–H and O–H groups in total. The largest absolute Gasteiger partial charge is 0.508 e. The molecule has 1 saturated heterocycles. The van der Waals surface area contributed by atoms with Crippen LogP contribution in [0, 0.1) is 17.8 Å². The molecule has 0 spiro atoms. The van der Waals surface area contributed by atoms with Crippen molar-refractivity contribution in [3.05, 3.63) is 45.9 Å². The minimum atomic E-state index is -1.82. The topological polar surface area (TPSA) is 464 Å². The van der Waals surface area contributed by atoms with E-state index in [9.17, 15) is 78.6 Å². The van der Waals surface area contributed by atoms with Crippen LogP contribution in [0.5, 0.6) is 5.75 Å². The van der Waals surface area contributed by atoms with Gasteiger partial charge in [-0.1, -0.05) is 88.1 Å². The number of carboxylic acids is 1. The van der Waals surface area contributed by atoms with Gasteiger partial charge in [0.25, 0.3) is 5.91 Å². The molecule has 1 aliphatic heterocycles. The van der Waals surface area contributed by atoms with E-state index in [0.29, 0.717) is 31.1 Å². The Hall–Kier alpha value is -6.31. The smallest absolute Gasteiger partial charge is 0.426 e. The van der Waals surface area contributed by atoms with E-state index >= 15 is 0 Å². The number of aldehydes is 1. The van der Waals surface area contributed by atoms with Crippen LogP contribution in [-0.2, 0) is 59.0 Å². The zero-order valence-electron chi connectivity index (χ0n) is 57.1. The highest BCUT2D eigenvalue weighted by Crippen LogP contribution is 2.32. The maximum Gasteiger partial charge on any atom is 0.426 e. The maximum absolute atomic E-state index is 15.0. The molecule has 14 atom stereocenters. The predicted molar refractivity (Wildman–Crippen MR) is 364 cm³/mol. The van der Waals surface area contributed by atoms with Crippen molar-refractivity contribution < 1.29 is 103 Å². The van der Waals surface area contributed by atoms with E-state index in [0.717, 1.165) is 30.7 Å². The van der Waals surface area contributed by atoms with Gasteiger partial charge >= 0.3 is 24.0 Å². The summed E-state index contributed by atoms with van der Waals surface area (Å²) in [6, 6.07) is 1.29. The van der Waals surface area contributed by atoms with E-state index in [1.165, 1.54) is 50.9 Å². The van der Waals surface area contributed by atoms with Crippen molar-refractivity contribution in [1.29, 1.82) is 0 Å². The summed E-state index contributed by atoms with van der Waals surface area (Å²) in [5, 5.41) is 94.6. The lowest BCUT2D eigenvalue weighted by Gasteiger charge is -2.39. The van der Waals surface area contributed by atoms with E-state index in [4.69, 9.17) is 24.4 Å². The number of aliphatic carboxylic acids is 1. The first kappa shape index (κ1) is 85.9. The minimum Gasteiger partial charge on any atom is -0.508 e. The number of carbonyl (C=O) groups excluding carboxylic acids is 9. The fourth-order valence-electron chi connectivity index (χ4n) is 10.5. The van der Waals surface area contributed by atoms with Gasteiger partial charge in [-0.15, -0.1) is 11.3 Å². The van der Waals surface area contributed by atoms with Gasteiger partial charge in [0, 0.05) is 74.0 Å². The van der Waals surface area contributed by atoms with Gasteiger partial charge in [0.05, 0.1) is 30.8 Å². The first-order chi connectivity index (χ1) is 46.5. The molecule has 0 aliphatic carbocycles. The Morgan fingerprint density at radius 2 is 1.55 bits per heavy atom. The van der Waals surface area contributed by atoms with E-state index in [-0.39, 0.29) is 123 Å². The number of benzene rings is 1. The standard InChI is InChI=1S/C64H104N10O21S3/c1-9-14-54(84)94-36-74(63(91)55(38(5)10-2)70-61(90)47-16-11-12-25-73(47)8)48(37(3)4)31-51(95-40(7)77)62-69-46(35-96-62)60(89)67-43(30-41-17-20-44(78)21-18-41)29-39(6)58(87)71-72-64(92)93-26-28-98-97-27-23-52(81)68-45(59(88)66-42(33-75)19-22-53(82)83)15-13-24-65-32-49(79)56(85)57(86)50(80)34-76/h17-18,20-21,33,35,37-39,42-43,45,47-51,55-57,59,65-66,76,78-80,85-86,88H,9-16,19,22-32,34,36H2,1-8H3,(H,67,89)(H,68,81)(H,70,90)(H,71,87)(H,72,92)(H,82,83)/t38?,39-,42?,43+,45?,47+,48+,49?,50?,51+,55-,56?,57?,59?/m0/s1. The zero-order valence-corrected chi connectivity index (χ0v) is 59.6. The number of likely N-dealkylation sites (N-methyl/N-ethyl adjacent to an activating group) is 1. The van der Waals surface area contributed by atoms with E-state index in [1.54, 1.807) is 19.1 Å². The number of aromatic hydroxyl groups is 1. The Morgan fingerprint density at radius 3 is 2.18 bits per heavy atom. The Bertz CT molecular complexity index is 2800. The molecule has 1 aliphatic rings. The Labute approximate surface area is 584 Å². The quantitative estimate of drug-likeness (QED) is 0.00850. The lowest BCUT2D eigenvalue weighted by atomic mass is 9.92. The van der Waals surface area contributed by atoms with E-state index < -0.39 is 140 Å². The van der Waals surface area contributed by atoms with Crippen LogP contribution in [0.15, 0.2) is 29.6 Å². The molecule has 2 heterocycles. The first-order valence-corrected chi connectivity index (χ1v) is 36.5. The van der Waals surface area contributed by atoms with Crippen LogP contribution >= 0.6 is 32.9 Å². The highest BCUT2D eigenvalue weighted by atomic mass is 33.1. The lowest BCUT2D eigenvalue weighted by molar-refractivity contribution is -0.160. The number of nitrogens with zero attached hydrogens (tertiary/aromatic N) is 3. The summed E-state index contributed by atoms with van der Waals surface area (Å²) in [5.74, 6) is -5.85. The van der Waals surface area contributed by atoms with Crippen LogP contribution in [0.3, 0.4) is 0 Å². The average Bonchev–Trinajstić information content (AvgIpc) is 1.11. The molecule has 1 aromatic heterocycles. The molecule has 0 bridgehead atoms. The number of rotatable bonds is 47. The van der Waals surface area contributed by atoms with Gasteiger partial charge in [-0.3, -0.25) is 54.0 Å². The number of thiazole rings is 1. The van der Waals surface area contributed by atoms with Crippen molar-refractivity contribution in [3.8, 4) is 5.75 Å². The number of hydrogen-bond acceptors (Lipinski definition) is 27. The van der Waals surface area contributed by atoms with E-state index in [2.05, 4.69) is 42.4 Å². The van der Waals surface area contributed by atoms with Gasteiger partial charge in [0.1, 0.15) is 59.9 Å². The van der Waals surface area contributed by atoms with Crippen molar-refractivity contribution in [3.63, 3.8) is 0 Å². The second-order valence-corrected chi connectivity index (χ2v) is 28.3. The third-order valence-electron chi connectivity index (χ3n) is 16.4. The van der Waals surface area contributed by atoms with Crippen LogP contribution in [0.4, 0.5) is 4.79 Å². The summed E-state index contributed by atoms with van der Waals surface area (Å²) in [7, 11) is 4.41. The monoisotopic (exact) mass is 1440 g/mol. The van der Waals surface area contributed by atoms with Crippen LogP contribution in [0.25, 0.3) is 0 Å². The maximum atomic E-state index is 15.0. The summed E-state index contributed by atoms with van der Waals surface area (Å²) < 4.78 is 16.8. The molecule has 1 fully saturated rings. The number of aromatic nitrogens is 1. The number of aliphatic hydroxyl groups is 6. The number of phenolic OH excluding ortho intramolecular Hbond substituents is 1. The zero-order chi connectivity index (χ0) is 73.0. The van der Waals surface area contributed by atoms with Crippen molar-refractivity contribution in [2.45, 2.75) is 211 Å². The molecule has 34 heteroatoms. The molecular weight excluding hydrogens is 1340 g/mol. The van der Waals surface area contributed by atoms with Gasteiger partial charge in [0.15, 0.2) is 12.8 Å². The second-order valence-electron chi connectivity index (χ2n) is 24.7. The molecule has 3 rings (SSSR count). The van der Waals surface area contributed by atoms with Crippen molar-refractivity contribution >= 4 is 92.7 Å². The highest BCUT2D eigenvalue weighted by Gasteiger charge is 2.40. The summed E-state index contributed by atoms with van der Waals surface area (Å²) >= 11 is 1.04. The van der Waals surface area contributed by atoms with Crippen LogP contribution < -0.4 is 37.4 Å². The number of piperidine rings is 1. The molecule has 0 radical (unpaired) electrons. The summed E-state index contributed by atoms with van der Waals surface area (Å²) in [6.45, 7) is 11.4. The number of carboxylic acid groups (broad SMARTS) is 1. The fourth-order valence-corrected chi connectivity index (χ4v) is 13.2. The number of hydrogen-bond donors (Lipinski definition) is 15. The Balaban J connectivity index is 1.64. The van der Waals surface area contributed by atoms with Crippen LogP contribution in [0.2, 0.25) is 0 Å². The number of likely N-dealkylation sites (tertiary alicyclic amines) is 1. The van der Waals surface area contributed by atoms with Gasteiger partial charge < -0.3 is 86.0 Å². The number of carbonyl (C=O) groups is 10. The highest BCUT2D eigenvalue weighted by molar-refractivity contribution is 8.76. The van der Waals surface area contributed by atoms with Crippen molar-refractivity contribution in [2.75, 3.05) is 58.1 Å². The number of nitrogens with one attached hydrogen (secondary N) is 7. The summed E-state index contributed by atoms with van der Waals surface area (Å²) in [5.41, 5.74) is 5.18. The SMILES string of the molecule is CCCC(=O)OCN(C(=O)[C@@H](NC(=O)[C@H]1CCCCN1C)C(C)CC)[C@H](C[C@@H](OC(C)=O)c1nc(C(=O)N[C@@H](Cc2ccc(O)cc2)C[C@H](C)C(=O)NNC(=O)OCCSSCCC(=O)NC(CCCNCC(O)C(O)C(O)C(O)CO)C(O)NC(C=O)CCC(=O)O)cs1)C(C)C. The summed E-state index contributed by atoms with van der Waals surface area (Å²) in [4.78, 5) is 139. The molecular formula is C64H104N10O21S3. The molecule has 31 nitrogen and oxygen atoms in total. The molecule has 1 aromatic carbocycles. The van der Waals surface area contributed by atoms with Crippen LogP contribution in [0.1, 0.15) is 159 Å². The normalized spacial score (nSPS) is 17.3. The molecule has 2 aromatic rings. The number of esters is 2. The Morgan fingerprint density at radius 1 is 0.857 bits per heavy atom. The van der Waals surface area contributed by atoms with E-state index in [1.807, 2.05) is 46.6 Å². The number of amides is 6. The average molecular weight is 1450 g/mol. The molecule has 554 valence electrons.